The Morgan fingerprint density at radius 3 is 2.88 bits per heavy atom. The largest absolute Gasteiger partial charge is 0.332 e. The Bertz CT molecular complexity index is 737. The van der Waals surface area contributed by atoms with Gasteiger partial charge in [-0.05, 0) is 12.5 Å². The molecular formula is C16H19N5O2S2. The summed E-state index contributed by atoms with van der Waals surface area (Å²) in [6.45, 7) is 1.83. The maximum Gasteiger partial charge on any atom is 0.227 e. The van der Waals surface area contributed by atoms with Gasteiger partial charge in [0.15, 0.2) is 0 Å². The third-order valence-electron chi connectivity index (χ3n) is 3.57. The minimum Gasteiger partial charge on any atom is -0.332 e. The molecule has 7 nitrogen and oxygen atoms in total. The SMILES string of the molecule is Cc1nnc(NC(=O)CC2CC(=O)NC(SCc3ccccc3)N2)s1. The Hall–Kier alpha value is -1.97. The van der Waals surface area contributed by atoms with E-state index in [9.17, 15) is 9.59 Å². The van der Waals surface area contributed by atoms with E-state index in [-0.39, 0.29) is 36.2 Å². The van der Waals surface area contributed by atoms with Crippen LogP contribution in [0.25, 0.3) is 0 Å². The number of carbonyl (C=O) groups excluding carboxylic acids is 2. The molecule has 9 heteroatoms. The molecule has 0 radical (unpaired) electrons. The van der Waals surface area contributed by atoms with E-state index in [1.165, 1.54) is 16.9 Å². The van der Waals surface area contributed by atoms with Crippen LogP contribution in [-0.4, -0.2) is 33.6 Å². The predicted molar refractivity (Wildman–Crippen MR) is 99.1 cm³/mol. The van der Waals surface area contributed by atoms with E-state index in [1.807, 2.05) is 37.3 Å². The first-order valence-corrected chi connectivity index (χ1v) is 9.76. The second-order valence-electron chi connectivity index (χ2n) is 5.69. The standard InChI is InChI=1S/C16H19N5O2S2/c1-10-20-21-16(25-10)19-14(23)8-12-7-13(22)18-15(17-12)24-9-11-5-3-2-4-6-11/h2-6,12,15,17H,7-9H2,1H3,(H,18,22)(H,19,21,23). The molecule has 2 atom stereocenters. The van der Waals surface area contributed by atoms with Gasteiger partial charge in [-0.25, -0.2) is 0 Å². The van der Waals surface area contributed by atoms with Crippen molar-refractivity contribution in [2.75, 3.05) is 5.32 Å². The highest BCUT2D eigenvalue weighted by atomic mass is 32.2. The molecule has 2 heterocycles. The molecule has 1 aromatic heterocycles. The summed E-state index contributed by atoms with van der Waals surface area (Å²) in [6.07, 6.45) is 0.499. The lowest BCUT2D eigenvalue weighted by Crippen LogP contribution is -2.55. The Kier molecular flexibility index (Phi) is 6.00. The van der Waals surface area contributed by atoms with Crippen LogP contribution in [0.15, 0.2) is 30.3 Å². The zero-order valence-electron chi connectivity index (χ0n) is 13.7. The van der Waals surface area contributed by atoms with Crippen molar-refractivity contribution in [1.29, 1.82) is 0 Å². The maximum absolute atomic E-state index is 12.1. The molecule has 1 saturated heterocycles. The number of hydrogen-bond acceptors (Lipinski definition) is 7. The van der Waals surface area contributed by atoms with Crippen molar-refractivity contribution in [1.82, 2.24) is 20.8 Å². The van der Waals surface area contributed by atoms with Crippen molar-refractivity contribution in [3.8, 4) is 0 Å². The van der Waals surface area contributed by atoms with Gasteiger partial charge in [-0.15, -0.1) is 22.0 Å². The molecule has 2 amide bonds. The van der Waals surface area contributed by atoms with Crippen LogP contribution in [0.1, 0.15) is 23.4 Å². The predicted octanol–water partition coefficient (Wildman–Crippen LogP) is 1.87. The summed E-state index contributed by atoms with van der Waals surface area (Å²) in [5.41, 5.74) is 0.984. The van der Waals surface area contributed by atoms with Crippen LogP contribution in [0.5, 0.6) is 0 Å². The number of carbonyl (C=O) groups is 2. The van der Waals surface area contributed by atoms with Gasteiger partial charge in [-0.3, -0.25) is 14.9 Å². The Morgan fingerprint density at radius 1 is 1.36 bits per heavy atom. The van der Waals surface area contributed by atoms with Gasteiger partial charge in [-0.1, -0.05) is 41.7 Å². The lowest BCUT2D eigenvalue weighted by molar-refractivity contribution is -0.124. The molecule has 1 aliphatic heterocycles. The monoisotopic (exact) mass is 377 g/mol. The smallest absolute Gasteiger partial charge is 0.227 e. The first-order chi connectivity index (χ1) is 12.1. The number of nitrogens with one attached hydrogen (secondary N) is 3. The van der Waals surface area contributed by atoms with Crippen LogP contribution in [-0.2, 0) is 15.3 Å². The molecule has 0 spiro atoms. The second-order valence-corrected chi connectivity index (χ2v) is 7.97. The van der Waals surface area contributed by atoms with Crippen molar-refractivity contribution < 1.29 is 9.59 Å². The van der Waals surface area contributed by atoms with Crippen LogP contribution < -0.4 is 16.0 Å². The minimum absolute atomic E-state index is 0.0473. The molecule has 1 aliphatic rings. The molecule has 2 unspecified atom stereocenters. The van der Waals surface area contributed by atoms with Gasteiger partial charge in [-0.2, -0.15) is 0 Å². The number of thioether (sulfide) groups is 1. The van der Waals surface area contributed by atoms with E-state index in [2.05, 4.69) is 26.1 Å². The van der Waals surface area contributed by atoms with E-state index in [0.717, 1.165) is 10.8 Å². The zero-order chi connectivity index (χ0) is 17.6. The van der Waals surface area contributed by atoms with Crippen molar-refractivity contribution in [3.05, 3.63) is 40.9 Å². The quantitative estimate of drug-likeness (QED) is 0.711. The van der Waals surface area contributed by atoms with Gasteiger partial charge in [0.2, 0.25) is 16.9 Å². The average Bonchev–Trinajstić information content (AvgIpc) is 2.98. The molecule has 3 rings (SSSR count). The fourth-order valence-corrected chi connectivity index (χ4v) is 4.12. The van der Waals surface area contributed by atoms with Crippen LogP contribution in [0.4, 0.5) is 5.13 Å². The number of aryl methyl sites for hydroxylation is 1. The van der Waals surface area contributed by atoms with Crippen LogP contribution in [0.2, 0.25) is 0 Å². The molecular weight excluding hydrogens is 358 g/mol. The molecule has 25 heavy (non-hydrogen) atoms. The third kappa shape index (κ3) is 5.52. The van der Waals surface area contributed by atoms with Crippen molar-refractivity contribution in [2.45, 2.75) is 37.1 Å². The highest BCUT2D eigenvalue weighted by Crippen LogP contribution is 2.19. The van der Waals surface area contributed by atoms with Crippen LogP contribution in [0, 0.1) is 6.92 Å². The molecule has 1 fully saturated rings. The maximum atomic E-state index is 12.1. The number of aromatic nitrogens is 2. The Labute approximate surface area is 154 Å². The normalized spacial score (nSPS) is 20.1. The number of amides is 2. The Morgan fingerprint density at radius 2 is 2.16 bits per heavy atom. The first kappa shape index (κ1) is 17.8. The molecule has 2 aromatic rings. The summed E-state index contributed by atoms with van der Waals surface area (Å²) in [5.74, 6) is 0.561. The summed E-state index contributed by atoms with van der Waals surface area (Å²) in [6, 6.07) is 9.86. The van der Waals surface area contributed by atoms with Gasteiger partial charge in [0.25, 0.3) is 0 Å². The van der Waals surface area contributed by atoms with E-state index in [1.54, 1.807) is 11.8 Å². The average molecular weight is 377 g/mol. The molecule has 0 bridgehead atoms. The number of benzene rings is 1. The van der Waals surface area contributed by atoms with Gasteiger partial charge in [0.1, 0.15) is 10.5 Å². The zero-order valence-corrected chi connectivity index (χ0v) is 15.3. The van der Waals surface area contributed by atoms with Gasteiger partial charge in [0, 0.05) is 24.6 Å². The summed E-state index contributed by atoms with van der Waals surface area (Å²) in [7, 11) is 0. The van der Waals surface area contributed by atoms with Gasteiger partial charge >= 0.3 is 0 Å². The second kappa shape index (κ2) is 8.41. The number of hydrogen-bond donors (Lipinski definition) is 3. The summed E-state index contributed by atoms with van der Waals surface area (Å²) in [4.78, 5) is 24.1. The van der Waals surface area contributed by atoms with Crippen LogP contribution in [0.3, 0.4) is 0 Å². The highest BCUT2D eigenvalue weighted by molar-refractivity contribution is 7.99. The van der Waals surface area contributed by atoms with Crippen molar-refractivity contribution >= 4 is 40.0 Å². The summed E-state index contributed by atoms with van der Waals surface area (Å²) >= 11 is 2.92. The highest BCUT2D eigenvalue weighted by Gasteiger charge is 2.27. The van der Waals surface area contributed by atoms with E-state index in [0.29, 0.717) is 5.13 Å². The lowest BCUT2D eigenvalue weighted by atomic mass is 10.1. The molecule has 1 aromatic carbocycles. The van der Waals surface area contributed by atoms with E-state index < -0.39 is 0 Å². The topological polar surface area (TPSA) is 96.0 Å². The molecule has 0 saturated carbocycles. The fraction of sp³-hybridized carbons (Fsp3) is 0.375. The first-order valence-electron chi connectivity index (χ1n) is 7.89. The molecule has 0 aliphatic carbocycles. The minimum atomic E-state index is -0.206. The third-order valence-corrected chi connectivity index (χ3v) is 5.42. The summed E-state index contributed by atoms with van der Waals surface area (Å²) in [5, 5.41) is 18.0. The summed E-state index contributed by atoms with van der Waals surface area (Å²) < 4.78 is 0. The number of nitrogens with zero attached hydrogens (tertiary/aromatic N) is 2. The van der Waals surface area contributed by atoms with E-state index in [4.69, 9.17) is 0 Å². The molecule has 3 N–H and O–H groups in total. The van der Waals surface area contributed by atoms with Crippen molar-refractivity contribution in [3.63, 3.8) is 0 Å². The van der Waals surface area contributed by atoms with Crippen molar-refractivity contribution in [2.24, 2.45) is 0 Å². The fourth-order valence-electron chi connectivity index (χ4n) is 2.46. The van der Waals surface area contributed by atoms with Gasteiger partial charge in [0.05, 0.1) is 0 Å². The Balaban J connectivity index is 1.49. The van der Waals surface area contributed by atoms with Gasteiger partial charge < -0.3 is 10.6 Å². The molecule has 132 valence electrons. The van der Waals surface area contributed by atoms with E-state index >= 15 is 0 Å². The lowest BCUT2D eigenvalue weighted by Gasteiger charge is -2.30. The number of anilines is 1. The number of rotatable bonds is 6. The van der Waals surface area contributed by atoms with Crippen LogP contribution >= 0.6 is 23.1 Å².